The van der Waals surface area contributed by atoms with Gasteiger partial charge in [-0.3, -0.25) is 0 Å². The molecule has 20 heavy (non-hydrogen) atoms. The topological polar surface area (TPSA) is 12.9 Å². The molecule has 0 amide bonds. The quantitative estimate of drug-likeness (QED) is 0.591. The van der Waals surface area contributed by atoms with Crippen LogP contribution in [0.1, 0.15) is 22.3 Å². The number of pyridine rings is 1. The fourth-order valence-electron chi connectivity index (χ4n) is 2.77. The second-order valence-corrected chi connectivity index (χ2v) is 5.59. The van der Waals surface area contributed by atoms with Crippen molar-refractivity contribution >= 4 is 10.9 Å². The number of fused-ring (bicyclic) bond motifs is 1. The Morgan fingerprint density at radius 3 is 2.40 bits per heavy atom. The molecule has 2 aromatic carbocycles. The molecule has 0 saturated carbocycles. The third-order valence-corrected chi connectivity index (χ3v) is 4.04. The molecule has 1 aromatic heterocycles. The second-order valence-electron chi connectivity index (χ2n) is 5.59. The monoisotopic (exact) mass is 261 g/mol. The molecule has 0 saturated heterocycles. The summed E-state index contributed by atoms with van der Waals surface area (Å²) in [5.41, 5.74) is 8.55. The average molecular weight is 261 g/mol. The van der Waals surface area contributed by atoms with Crippen LogP contribution >= 0.6 is 0 Å². The Hall–Kier alpha value is -2.15. The van der Waals surface area contributed by atoms with Gasteiger partial charge in [-0.05, 0) is 62.1 Å². The lowest BCUT2D eigenvalue weighted by atomic mass is 9.99. The third kappa shape index (κ3) is 2.09. The van der Waals surface area contributed by atoms with Crippen LogP contribution in [0.4, 0.5) is 0 Å². The lowest BCUT2D eigenvalue weighted by Crippen LogP contribution is -1.92. The molecule has 0 spiro atoms. The second kappa shape index (κ2) is 4.75. The van der Waals surface area contributed by atoms with Gasteiger partial charge in [-0.25, -0.2) is 4.98 Å². The van der Waals surface area contributed by atoms with Gasteiger partial charge in [0.1, 0.15) is 0 Å². The zero-order chi connectivity index (χ0) is 14.3. The number of aromatic nitrogens is 1. The SMILES string of the molecule is Cc1cc(C)c2ccc(-c3cccc(C)c3C)nc2c1. The van der Waals surface area contributed by atoms with Crippen molar-refractivity contribution in [3.8, 4) is 11.3 Å². The summed E-state index contributed by atoms with van der Waals surface area (Å²) < 4.78 is 0. The van der Waals surface area contributed by atoms with Crippen LogP contribution in [0, 0.1) is 27.7 Å². The van der Waals surface area contributed by atoms with Gasteiger partial charge in [-0.1, -0.05) is 30.3 Å². The number of rotatable bonds is 1. The number of benzene rings is 2. The van der Waals surface area contributed by atoms with Crippen LogP contribution in [0.2, 0.25) is 0 Å². The Balaban J connectivity index is 2.25. The maximum Gasteiger partial charge on any atom is 0.0714 e. The molecule has 0 aliphatic carbocycles. The van der Waals surface area contributed by atoms with E-state index in [2.05, 4.69) is 70.2 Å². The molecule has 0 fully saturated rings. The Morgan fingerprint density at radius 2 is 1.60 bits per heavy atom. The predicted octanol–water partition coefficient (Wildman–Crippen LogP) is 5.14. The van der Waals surface area contributed by atoms with Crippen LogP contribution in [0.25, 0.3) is 22.2 Å². The summed E-state index contributed by atoms with van der Waals surface area (Å²) in [6.45, 7) is 8.58. The Morgan fingerprint density at radius 1 is 0.800 bits per heavy atom. The normalized spacial score (nSPS) is 11.0. The lowest BCUT2D eigenvalue weighted by Gasteiger charge is -2.10. The Labute approximate surface area is 120 Å². The van der Waals surface area contributed by atoms with Crippen molar-refractivity contribution in [1.29, 1.82) is 0 Å². The molecule has 0 radical (unpaired) electrons. The summed E-state index contributed by atoms with van der Waals surface area (Å²) in [6, 6.07) is 15.1. The smallest absolute Gasteiger partial charge is 0.0714 e. The van der Waals surface area contributed by atoms with E-state index >= 15 is 0 Å². The molecule has 100 valence electrons. The first kappa shape index (κ1) is 12.9. The minimum atomic E-state index is 1.06. The van der Waals surface area contributed by atoms with Gasteiger partial charge >= 0.3 is 0 Å². The largest absolute Gasteiger partial charge is 0.248 e. The van der Waals surface area contributed by atoms with Crippen LogP contribution in [0.15, 0.2) is 42.5 Å². The maximum absolute atomic E-state index is 4.87. The van der Waals surface area contributed by atoms with Crippen LogP contribution in [0.3, 0.4) is 0 Å². The highest BCUT2D eigenvalue weighted by atomic mass is 14.7. The van der Waals surface area contributed by atoms with Gasteiger partial charge in [-0.15, -0.1) is 0 Å². The third-order valence-electron chi connectivity index (χ3n) is 4.04. The van der Waals surface area contributed by atoms with E-state index < -0.39 is 0 Å². The van der Waals surface area contributed by atoms with Crippen LogP contribution in [-0.2, 0) is 0 Å². The van der Waals surface area contributed by atoms with E-state index in [4.69, 9.17) is 4.98 Å². The summed E-state index contributed by atoms with van der Waals surface area (Å²) in [4.78, 5) is 4.87. The van der Waals surface area contributed by atoms with Crippen molar-refractivity contribution in [3.05, 3.63) is 64.7 Å². The zero-order valence-electron chi connectivity index (χ0n) is 12.5. The van der Waals surface area contributed by atoms with Crippen LogP contribution < -0.4 is 0 Å². The first-order valence-corrected chi connectivity index (χ1v) is 7.01. The van der Waals surface area contributed by atoms with E-state index in [0.717, 1.165) is 11.2 Å². The molecule has 1 heteroatoms. The first-order valence-electron chi connectivity index (χ1n) is 7.01. The number of hydrogen-bond acceptors (Lipinski definition) is 1. The highest BCUT2D eigenvalue weighted by molar-refractivity contribution is 5.85. The predicted molar refractivity (Wildman–Crippen MR) is 86.1 cm³/mol. The van der Waals surface area contributed by atoms with Crippen molar-refractivity contribution < 1.29 is 0 Å². The van der Waals surface area contributed by atoms with E-state index in [0.29, 0.717) is 0 Å². The molecule has 0 atom stereocenters. The van der Waals surface area contributed by atoms with E-state index in [1.165, 1.54) is 33.2 Å². The highest BCUT2D eigenvalue weighted by Crippen LogP contribution is 2.27. The van der Waals surface area contributed by atoms with Crippen molar-refractivity contribution in [1.82, 2.24) is 4.98 Å². The molecule has 3 rings (SSSR count). The van der Waals surface area contributed by atoms with Crippen molar-refractivity contribution in [2.75, 3.05) is 0 Å². The van der Waals surface area contributed by atoms with Crippen molar-refractivity contribution in [3.63, 3.8) is 0 Å². The summed E-state index contributed by atoms with van der Waals surface area (Å²) in [5, 5.41) is 1.24. The number of hydrogen-bond donors (Lipinski definition) is 0. The zero-order valence-corrected chi connectivity index (χ0v) is 12.5. The van der Waals surface area contributed by atoms with Crippen molar-refractivity contribution in [2.24, 2.45) is 0 Å². The lowest BCUT2D eigenvalue weighted by molar-refractivity contribution is 1.30. The maximum atomic E-state index is 4.87. The molecule has 3 aromatic rings. The first-order chi connectivity index (χ1) is 9.56. The minimum absolute atomic E-state index is 1.06. The Kier molecular flexibility index (Phi) is 3.06. The number of aryl methyl sites for hydroxylation is 3. The van der Waals surface area contributed by atoms with Crippen LogP contribution in [-0.4, -0.2) is 4.98 Å². The van der Waals surface area contributed by atoms with Gasteiger partial charge < -0.3 is 0 Å². The van der Waals surface area contributed by atoms with Gasteiger partial charge in [0.15, 0.2) is 0 Å². The average Bonchev–Trinajstić information content (AvgIpc) is 2.41. The highest BCUT2D eigenvalue weighted by Gasteiger charge is 2.07. The minimum Gasteiger partial charge on any atom is -0.248 e. The molecular weight excluding hydrogens is 242 g/mol. The summed E-state index contributed by atoms with van der Waals surface area (Å²) in [6.07, 6.45) is 0. The molecule has 1 nitrogen and oxygen atoms in total. The standard InChI is InChI=1S/C19H19N/c1-12-10-14(3)16-8-9-18(20-19(16)11-12)17-7-5-6-13(2)15(17)4/h5-11H,1-4H3. The van der Waals surface area contributed by atoms with Crippen molar-refractivity contribution in [2.45, 2.75) is 27.7 Å². The van der Waals surface area contributed by atoms with E-state index in [1.54, 1.807) is 0 Å². The molecule has 0 aliphatic heterocycles. The molecular formula is C19H19N. The Bertz CT molecular complexity index is 800. The van der Waals surface area contributed by atoms with Gasteiger partial charge in [0.05, 0.1) is 11.2 Å². The van der Waals surface area contributed by atoms with Gasteiger partial charge in [-0.2, -0.15) is 0 Å². The molecule has 0 aliphatic rings. The van der Waals surface area contributed by atoms with Gasteiger partial charge in [0.2, 0.25) is 0 Å². The molecule has 0 unspecified atom stereocenters. The summed E-state index contributed by atoms with van der Waals surface area (Å²) in [7, 11) is 0. The van der Waals surface area contributed by atoms with E-state index in [9.17, 15) is 0 Å². The summed E-state index contributed by atoms with van der Waals surface area (Å²) in [5.74, 6) is 0. The van der Waals surface area contributed by atoms with Crippen LogP contribution in [0.5, 0.6) is 0 Å². The summed E-state index contributed by atoms with van der Waals surface area (Å²) >= 11 is 0. The fourth-order valence-corrected chi connectivity index (χ4v) is 2.77. The molecule has 0 bridgehead atoms. The van der Waals surface area contributed by atoms with E-state index in [1.807, 2.05) is 0 Å². The van der Waals surface area contributed by atoms with Gasteiger partial charge in [0, 0.05) is 10.9 Å². The molecule has 1 heterocycles. The van der Waals surface area contributed by atoms with Gasteiger partial charge in [0.25, 0.3) is 0 Å². The molecule has 0 N–H and O–H groups in total. The number of nitrogens with zero attached hydrogens (tertiary/aromatic N) is 1. The van der Waals surface area contributed by atoms with E-state index in [-0.39, 0.29) is 0 Å². The fraction of sp³-hybridized carbons (Fsp3) is 0.211.